The zero-order chi connectivity index (χ0) is 15.6. The fraction of sp³-hybridized carbons (Fsp3) is 0.400. The molecule has 0 spiro atoms. The molecule has 1 atom stereocenters. The summed E-state index contributed by atoms with van der Waals surface area (Å²) in [5.41, 5.74) is 0.705. The van der Waals surface area contributed by atoms with Gasteiger partial charge in [0.25, 0.3) is 0 Å². The van der Waals surface area contributed by atoms with Crippen molar-refractivity contribution < 1.29 is 18.3 Å². The van der Waals surface area contributed by atoms with Gasteiger partial charge < -0.3 is 5.11 Å². The van der Waals surface area contributed by atoms with Crippen LogP contribution in [0.4, 0.5) is 0 Å². The normalized spacial score (nSPS) is 19.9. The van der Waals surface area contributed by atoms with E-state index in [1.807, 2.05) is 13.8 Å². The molecule has 5 nitrogen and oxygen atoms in total. The van der Waals surface area contributed by atoms with Gasteiger partial charge in [-0.1, -0.05) is 44.2 Å². The molecule has 21 heavy (non-hydrogen) atoms. The number of sulfonamides is 1. The van der Waals surface area contributed by atoms with E-state index in [2.05, 4.69) is 0 Å². The van der Waals surface area contributed by atoms with Crippen molar-refractivity contribution in [1.82, 2.24) is 4.31 Å². The topological polar surface area (TPSA) is 74.7 Å². The Hall–Kier alpha value is -1.66. The molecule has 0 saturated carbocycles. The zero-order valence-electron chi connectivity index (χ0n) is 12.1. The van der Waals surface area contributed by atoms with Gasteiger partial charge in [-0.2, -0.15) is 4.31 Å². The Kier molecular flexibility index (Phi) is 4.49. The van der Waals surface area contributed by atoms with Crippen molar-refractivity contribution in [2.45, 2.75) is 37.1 Å². The molecule has 0 saturated heterocycles. The van der Waals surface area contributed by atoms with Crippen LogP contribution in [0.25, 0.3) is 0 Å². The number of carboxylic acids is 1. The van der Waals surface area contributed by atoms with Gasteiger partial charge in [-0.25, -0.2) is 8.42 Å². The van der Waals surface area contributed by atoms with Crippen molar-refractivity contribution in [2.24, 2.45) is 0 Å². The van der Waals surface area contributed by atoms with E-state index >= 15 is 0 Å². The lowest BCUT2D eigenvalue weighted by Gasteiger charge is -2.30. The van der Waals surface area contributed by atoms with E-state index in [1.165, 1.54) is 0 Å². The van der Waals surface area contributed by atoms with Gasteiger partial charge in [-0.05, 0) is 24.0 Å². The Labute approximate surface area is 124 Å². The predicted molar refractivity (Wildman–Crippen MR) is 79.6 cm³/mol. The molecule has 1 aliphatic rings. The number of hydrogen-bond donors (Lipinski definition) is 1. The maximum Gasteiger partial charge on any atom is 0.322 e. The summed E-state index contributed by atoms with van der Waals surface area (Å²) in [6.45, 7) is 3.92. The SMILES string of the molecule is CC(C)c1ccccc1S(=O)(=O)N1CC=CCC1C(=O)O. The number of aliphatic carboxylic acids is 1. The standard InChI is InChI=1S/C15H19NO4S/c1-11(2)12-7-3-4-9-14(12)21(19,20)16-10-6-5-8-13(16)15(17)18/h3-7,9,11,13H,8,10H2,1-2H3,(H,17,18). The molecule has 0 bridgehead atoms. The maximum absolute atomic E-state index is 12.9. The largest absolute Gasteiger partial charge is 0.480 e. The van der Waals surface area contributed by atoms with Crippen LogP contribution in [0, 0.1) is 0 Å². The van der Waals surface area contributed by atoms with Crippen LogP contribution >= 0.6 is 0 Å². The monoisotopic (exact) mass is 309 g/mol. The lowest BCUT2D eigenvalue weighted by Crippen LogP contribution is -2.46. The minimum atomic E-state index is -3.83. The van der Waals surface area contributed by atoms with Crippen LogP contribution in [0.15, 0.2) is 41.3 Å². The second-order valence-corrected chi connectivity index (χ2v) is 7.19. The van der Waals surface area contributed by atoms with Gasteiger partial charge in [-0.15, -0.1) is 0 Å². The van der Waals surface area contributed by atoms with Crippen LogP contribution in [-0.4, -0.2) is 36.4 Å². The molecular weight excluding hydrogens is 290 g/mol. The van der Waals surface area contributed by atoms with Crippen molar-refractivity contribution in [2.75, 3.05) is 6.54 Å². The van der Waals surface area contributed by atoms with Gasteiger partial charge in [0.15, 0.2) is 0 Å². The van der Waals surface area contributed by atoms with E-state index in [-0.39, 0.29) is 23.8 Å². The Morgan fingerprint density at radius 1 is 1.29 bits per heavy atom. The van der Waals surface area contributed by atoms with Crippen molar-refractivity contribution in [3.63, 3.8) is 0 Å². The average molecular weight is 309 g/mol. The van der Waals surface area contributed by atoms with Gasteiger partial charge in [-0.3, -0.25) is 4.79 Å². The highest BCUT2D eigenvalue weighted by atomic mass is 32.2. The molecule has 1 N–H and O–H groups in total. The summed E-state index contributed by atoms with van der Waals surface area (Å²) in [4.78, 5) is 11.5. The van der Waals surface area contributed by atoms with Crippen molar-refractivity contribution in [3.05, 3.63) is 42.0 Å². The summed E-state index contributed by atoms with van der Waals surface area (Å²) >= 11 is 0. The summed E-state index contributed by atoms with van der Waals surface area (Å²) < 4.78 is 26.8. The minimum Gasteiger partial charge on any atom is -0.480 e. The minimum absolute atomic E-state index is 0.0413. The Morgan fingerprint density at radius 2 is 1.95 bits per heavy atom. The fourth-order valence-electron chi connectivity index (χ4n) is 2.46. The molecule has 1 aromatic rings. The highest BCUT2D eigenvalue weighted by Crippen LogP contribution is 2.29. The summed E-state index contributed by atoms with van der Waals surface area (Å²) in [6.07, 6.45) is 3.59. The third kappa shape index (κ3) is 3.01. The van der Waals surface area contributed by atoms with Crippen LogP contribution < -0.4 is 0 Å². The van der Waals surface area contributed by atoms with Crippen LogP contribution in [-0.2, 0) is 14.8 Å². The molecule has 0 aromatic heterocycles. The fourth-order valence-corrected chi connectivity index (χ4v) is 4.36. The quantitative estimate of drug-likeness (QED) is 0.865. The number of rotatable bonds is 4. The van der Waals surface area contributed by atoms with Crippen molar-refractivity contribution in [1.29, 1.82) is 0 Å². The number of carbonyl (C=O) groups is 1. The van der Waals surface area contributed by atoms with E-state index in [0.717, 1.165) is 4.31 Å². The van der Waals surface area contributed by atoms with Crippen molar-refractivity contribution >= 4 is 16.0 Å². The van der Waals surface area contributed by atoms with Crippen LogP contribution in [0.3, 0.4) is 0 Å². The van der Waals surface area contributed by atoms with Crippen LogP contribution in [0.1, 0.15) is 31.7 Å². The molecule has 1 aromatic carbocycles. The molecule has 1 aliphatic heterocycles. The maximum atomic E-state index is 12.9. The van der Waals surface area contributed by atoms with Gasteiger partial charge >= 0.3 is 5.97 Å². The molecular formula is C15H19NO4S. The first-order valence-corrected chi connectivity index (χ1v) is 8.28. The lowest BCUT2D eigenvalue weighted by molar-refractivity contribution is -0.141. The first-order chi connectivity index (χ1) is 9.85. The molecule has 1 unspecified atom stereocenters. The molecule has 1 heterocycles. The Balaban J connectivity index is 2.51. The lowest BCUT2D eigenvalue weighted by atomic mass is 10.0. The van der Waals surface area contributed by atoms with Crippen LogP contribution in [0.2, 0.25) is 0 Å². The van der Waals surface area contributed by atoms with Gasteiger partial charge in [0, 0.05) is 6.54 Å². The predicted octanol–water partition coefficient (Wildman–Crippen LogP) is 2.21. The van der Waals surface area contributed by atoms with Crippen molar-refractivity contribution in [3.8, 4) is 0 Å². The summed E-state index contributed by atoms with van der Waals surface area (Å²) in [5.74, 6) is -1.08. The Bertz CT molecular complexity index is 664. The van der Waals surface area contributed by atoms with E-state index in [4.69, 9.17) is 0 Å². The molecule has 2 rings (SSSR count). The van der Waals surface area contributed by atoms with Gasteiger partial charge in [0.2, 0.25) is 10.0 Å². The third-order valence-electron chi connectivity index (χ3n) is 3.57. The summed E-state index contributed by atoms with van der Waals surface area (Å²) in [6, 6.07) is 5.72. The zero-order valence-corrected chi connectivity index (χ0v) is 12.9. The number of nitrogens with zero attached hydrogens (tertiary/aromatic N) is 1. The highest BCUT2D eigenvalue weighted by Gasteiger charge is 2.37. The molecule has 6 heteroatoms. The first-order valence-electron chi connectivity index (χ1n) is 6.84. The van der Waals surface area contributed by atoms with Crippen LogP contribution in [0.5, 0.6) is 0 Å². The number of benzene rings is 1. The molecule has 0 amide bonds. The number of hydrogen-bond acceptors (Lipinski definition) is 3. The highest BCUT2D eigenvalue weighted by molar-refractivity contribution is 7.89. The van der Waals surface area contributed by atoms with Gasteiger partial charge in [0.1, 0.15) is 6.04 Å². The van der Waals surface area contributed by atoms with E-state index in [1.54, 1.807) is 36.4 Å². The average Bonchev–Trinajstić information content (AvgIpc) is 2.47. The summed E-state index contributed by atoms with van der Waals surface area (Å²) in [7, 11) is -3.83. The second-order valence-electron chi connectivity index (χ2n) is 5.33. The third-order valence-corrected chi connectivity index (χ3v) is 5.52. The first kappa shape index (κ1) is 15.7. The molecule has 114 valence electrons. The summed E-state index contributed by atoms with van der Waals surface area (Å²) in [5, 5.41) is 9.26. The molecule has 0 aliphatic carbocycles. The van der Waals surface area contributed by atoms with E-state index in [9.17, 15) is 18.3 Å². The second kappa shape index (κ2) is 5.99. The van der Waals surface area contributed by atoms with E-state index < -0.39 is 22.0 Å². The van der Waals surface area contributed by atoms with Gasteiger partial charge in [0.05, 0.1) is 4.90 Å². The van der Waals surface area contributed by atoms with E-state index in [0.29, 0.717) is 5.56 Å². The Morgan fingerprint density at radius 3 is 2.57 bits per heavy atom. The smallest absolute Gasteiger partial charge is 0.322 e. The molecule has 0 radical (unpaired) electrons. The molecule has 0 fully saturated rings. The number of carboxylic acid groups (broad SMARTS) is 1.